The molecule has 0 bridgehead atoms. The van der Waals surface area contributed by atoms with Crippen LogP contribution in [0.4, 0.5) is 0 Å². The number of amides is 2. The lowest BCUT2D eigenvalue weighted by molar-refractivity contribution is -0.133. The molecule has 2 aromatic carbocycles. The van der Waals surface area contributed by atoms with Gasteiger partial charge in [0.2, 0.25) is 5.91 Å². The summed E-state index contributed by atoms with van der Waals surface area (Å²) in [4.78, 5) is 34.7. The Hall–Kier alpha value is -3.27. The van der Waals surface area contributed by atoms with E-state index in [9.17, 15) is 18.0 Å². The number of aromatic nitrogens is 1. The average Bonchev–Trinajstić information content (AvgIpc) is 2.97. The molecule has 8 nitrogen and oxygen atoms in total. The lowest BCUT2D eigenvalue weighted by Crippen LogP contribution is -2.48. The number of carbonyl (C=O) groups excluding carboxylic acids is 2. The fraction of sp³-hybridized carbons (Fsp3) is 0.387. The monoisotopic (exact) mass is 596 g/mol. The Morgan fingerprint density at radius 1 is 1.05 bits per heavy atom. The van der Waals surface area contributed by atoms with Crippen molar-refractivity contribution >= 4 is 33.3 Å². The van der Waals surface area contributed by atoms with E-state index in [1.165, 1.54) is 12.5 Å². The number of pyridine rings is 1. The maximum Gasteiger partial charge on any atom is 0.253 e. The number of halogens is 1. The highest BCUT2D eigenvalue weighted by atomic mass is 35.5. The number of sulfone groups is 1. The third-order valence-electron chi connectivity index (χ3n) is 7.60. The van der Waals surface area contributed by atoms with Gasteiger partial charge in [-0.25, -0.2) is 13.4 Å². The van der Waals surface area contributed by atoms with Gasteiger partial charge in [-0.15, -0.1) is 0 Å². The van der Waals surface area contributed by atoms with E-state index in [0.717, 1.165) is 50.0 Å². The van der Waals surface area contributed by atoms with Crippen LogP contribution >= 0.6 is 11.6 Å². The Kier molecular flexibility index (Phi) is 10.5. The molecule has 1 N–H and O–H groups in total. The van der Waals surface area contributed by atoms with Crippen molar-refractivity contribution < 1.29 is 18.0 Å². The van der Waals surface area contributed by atoms with Crippen molar-refractivity contribution in [3.8, 4) is 0 Å². The van der Waals surface area contributed by atoms with Gasteiger partial charge in [-0.05, 0) is 61.6 Å². The van der Waals surface area contributed by atoms with Crippen LogP contribution in [0.15, 0.2) is 77.8 Å². The number of benzene rings is 2. The van der Waals surface area contributed by atoms with E-state index < -0.39 is 9.84 Å². The third kappa shape index (κ3) is 8.61. The summed E-state index contributed by atoms with van der Waals surface area (Å²) in [5, 5.41) is 3.50. The van der Waals surface area contributed by atoms with E-state index in [1.54, 1.807) is 36.4 Å². The topological polar surface area (TPSA) is 99.7 Å². The van der Waals surface area contributed by atoms with Crippen LogP contribution in [-0.4, -0.2) is 73.5 Å². The molecule has 1 fully saturated rings. The number of hydrogen-bond acceptors (Lipinski definition) is 6. The molecule has 1 saturated heterocycles. The number of hydrogen-bond donors (Lipinski definition) is 1. The van der Waals surface area contributed by atoms with Gasteiger partial charge in [0.25, 0.3) is 5.91 Å². The van der Waals surface area contributed by atoms with E-state index in [2.05, 4.69) is 15.2 Å². The van der Waals surface area contributed by atoms with Crippen LogP contribution in [0.1, 0.15) is 53.7 Å². The standard InChI is InChI=1S/C31H37ClN4O4S/c1-3-36(30(37)21-23-9-12-27(13-10-23)41(2,39)40)26-15-18-35(19-16-26)20-17-28(24-7-5-4-6-8-24)34-31(38)25-11-14-29(32)33-22-25/h4-14,22,26,28H,3,15-21H2,1-2H3,(H,34,38)/t28-/m0/s1. The van der Waals surface area contributed by atoms with Gasteiger partial charge in [0.05, 0.1) is 22.9 Å². The number of carbonyl (C=O) groups is 2. The molecule has 3 aromatic rings. The zero-order valence-electron chi connectivity index (χ0n) is 23.5. The summed E-state index contributed by atoms with van der Waals surface area (Å²) in [6, 6.07) is 19.8. The summed E-state index contributed by atoms with van der Waals surface area (Å²) < 4.78 is 23.4. The molecule has 218 valence electrons. The summed E-state index contributed by atoms with van der Waals surface area (Å²) in [5.74, 6) is -0.133. The summed E-state index contributed by atoms with van der Waals surface area (Å²) in [7, 11) is -3.27. The van der Waals surface area contributed by atoms with Crippen molar-refractivity contribution in [1.82, 2.24) is 20.1 Å². The summed E-state index contributed by atoms with van der Waals surface area (Å²) in [5.41, 5.74) is 2.32. The number of nitrogens with zero attached hydrogens (tertiary/aromatic N) is 3. The molecule has 1 aromatic heterocycles. The van der Waals surface area contributed by atoms with Crippen molar-refractivity contribution in [3.05, 3.63) is 94.8 Å². The summed E-state index contributed by atoms with van der Waals surface area (Å²) in [6.45, 7) is 5.19. The average molecular weight is 597 g/mol. The minimum absolute atomic E-state index is 0.0570. The second-order valence-corrected chi connectivity index (χ2v) is 12.8. The van der Waals surface area contributed by atoms with Crippen molar-refractivity contribution in [2.45, 2.75) is 49.6 Å². The highest BCUT2D eigenvalue weighted by Gasteiger charge is 2.27. The third-order valence-corrected chi connectivity index (χ3v) is 8.95. The summed E-state index contributed by atoms with van der Waals surface area (Å²) in [6.07, 6.45) is 5.42. The maximum absolute atomic E-state index is 13.2. The van der Waals surface area contributed by atoms with Crippen molar-refractivity contribution in [3.63, 3.8) is 0 Å². The van der Waals surface area contributed by atoms with E-state index in [-0.39, 0.29) is 35.2 Å². The van der Waals surface area contributed by atoms with Gasteiger partial charge in [0, 0.05) is 44.7 Å². The highest BCUT2D eigenvalue weighted by Crippen LogP contribution is 2.22. The molecule has 10 heteroatoms. The predicted octanol–water partition coefficient (Wildman–Crippen LogP) is 4.56. The molecule has 0 spiro atoms. The second-order valence-electron chi connectivity index (χ2n) is 10.4. The summed E-state index contributed by atoms with van der Waals surface area (Å²) >= 11 is 5.88. The first-order valence-electron chi connectivity index (χ1n) is 13.9. The lowest BCUT2D eigenvalue weighted by atomic mass is 9.99. The van der Waals surface area contributed by atoms with Crippen molar-refractivity contribution in [2.75, 3.05) is 32.4 Å². The van der Waals surface area contributed by atoms with Gasteiger partial charge in [0.1, 0.15) is 5.15 Å². The van der Waals surface area contributed by atoms with Gasteiger partial charge in [-0.3, -0.25) is 9.59 Å². The minimum Gasteiger partial charge on any atom is -0.345 e. The van der Waals surface area contributed by atoms with Crippen LogP contribution in [0, 0.1) is 0 Å². The van der Waals surface area contributed by atoms with Crippen LogP contribution in [0.25, 0.3) is 0 Å². The van der Waals surface area contributed by atoms with E-state index in [4.69, 9.17) is 11.6 Å². The van der Waals surface area contributed by atoms with Crippen LogP contribution in [-0.2, 0) is 21.1 Å². The predicted molar refractivity (Wildman–Crippen MR) is 161 cm³/mol. The smallest absolute Gasteiger partial charge is 0.253 e. The zero-order chi connectivity index (χ0) is 29.4. The number of nitrogens with one attached hydrogen (secondary N) is 1. The molecule has 0 unspecified atom stereocenters. The molecule has 1 aliphatic rings. The molecule has 1 aliphatic heterocycles. The number of likely N-dealkylation sites (tertiary alicyclic amines) is 1. The zero-order valence-corrected chi connectivity index (χ0v) is 25.1. The molecule has 0 aliphatic carbocycles. The maximum atomic E-state index is 13.2. The molecule has 4 rings (SSSR count). The normalized spacial score (nSPS) is 15.3. The van der Waals surface area contributed by atoms with Crippen LogP contribution < -0.4 is 5.32 Å². The van der Waals surface area contributed by atoms with Gasteiger partial charge in [0.15, 0.2) is 9.84 Å². The van der Waals surface area contributed by atoms with E-state index in [1.807, 2.05) is 42.2 Å². The van der Waals surface area contributed by atoms with E-state index in [0.29, 0.717) is 17.3 Å². The molecular formula is C31H37ClN4O4S. The fourth-order valence-corrected chi connectivity index (χ4v) is 6.04. The molecular weight excluding hydrogens is 560 g/mol. The molecule has 41 heavy (non-hydrogen) atoms. The molecule has 2 heterocycles. The minimum atomic E-state index is -3.27. The Morgan fingerprint density at radius 2 is 1.73 bits per heavy atom. The molecule has 0 saturated carbocycles. The Morgan fingerprint density at radius 3 is 2.32 bits per heavy atom. The number of rotatable bonds is 11. The SMILES string of the molecule is CCN(C(=O)Cc1ccc(S(C)(=O)=O)cc1)C1CCN(CC[C@H](NC(=O)c2ccc(Cl)nc2)c2ccccc2)CC1. The first-order chi connectivity index (χ1) is 19.6. The lowest BCUT2D eigenvalue weighted by Gasteiger charge is -2.38. The van der Waals surface area contributed by atoms with Crippen LogP contribution in [0.2, 0.25) is 5.15 Å². The van der Waals surface area contributed by atoms with Gasteiger partial charge < -0.3 is 15.1 Å². The highest BCUT2D eigenvalue weighted by molar-refractivity contribution is 7.90. The van der Waals surface area contributed by atoms with Gasteiger partial charge in [-0.2, -0.15) is 0 Å². The Bertz CT molecular complexity index is 1410. The molecule has 0 radical (unpaired) electrons. The molecule has 1 atom stereocenters. The largest absolute Gasteiger partial charge is 0.345 e. The van der Waals surface area contributed by atoms with Crippen LogP contribution in [0.5, 0.6) is 0 Å². The quantitative estimate of drug-likeness (QED) is 0.326. The van der Waals surface area contributed by atoms with Crippen molar-refractivity contribution in [2.24, 2.45) is 0 Å². The Balaban J connectivity index is 1.31. The first kappa shape index (κ1) is 30.7. The Labute approximate surface area is 247 Å². The van der Waals surface area contributed by atoms with Crippen molar-refractivity contribution in [1.29, 1.82) is 0 Å². The van der Waals surface area contributed by atoms with Crippen LogP contribution in [0.3, 0.4) is 0 Å². The van der Waals surface area contributed by atoms with E-state index >= 15 is 0 Å². The number of likely N-dealkylation sites (N-methyl/N-ethyl adjacent to an activating group) is 1. The van der Waals surface area contributed by atoms with Gasteiger partial charge >= 0.3 is 0 Å². The second kappa shape index (κ2) is 14.1. The fourth-order valence-electron chi connectivity index (χ4n) is 5.29. The first-order valence-corrected chi connectivity index (χ1v) is 16.2. The molecule has 2 amide bonds. The number of piperidine rings is 1. The van der Waals surface area contributed by atoms with Gasteiger partial charge in [-0.1, -0.05) is 54.1 Å².